The first-order chi connectivity index (χ1) is 13.9. The Morgan fingerprint density at radius 2 is 2.04 bits per heavy atom. The van der Waals surface area contributed by atoms with Crippen LogP contribution < -0.4 is 10.1 Å². The molecule has 7 heteroatoms. The number of fused-ring (bicyclic) bond motifs is 3. The van der Waals surface area contributed by atoms with Crippen LogP contribution in [0.2, 0.25) is 0 Å². The van der Waals surface area contributed by atoms with Gasteiger partial charge in [-0.3, -0.25) is 4.98 Å². The topological polar surface area (TPSA) is 64.9 Å². The minimum Gasteiger partial charge on any atom is -0.480 e. The van der Waals surface area contributed by atoms with Crippen molar-refractivity contribution in [2.24, 2.45) is 0 Å². The number of hydrogen-bond donors (Lipinski definition) is 1. The fourth-order valence-corrected chi connectivity index (χ4v) is 4.72. The predicted molar refractivity (Wildman–Crippen MR) is 107 cm³/mol. The van der Waals surface area contributed by atoms with E-state index in [0.29, 0.717) is 5.95 Å². The lowest BCUT2D eigenvalue weighted by molar-refractivity contribution is 0.226. The summed E-state index contributed by atoms with van der Waals surface area (Å²) in [5.74, 6) is 1.58. The molecule has 1 N–H and O–H groups in total. The number of ether oxygens (including phenoxy) is 1. The van der Waals surface area contributed by atoms with Crippen molar-refractivity contribution < 1.29 is 4.74 Å². The molecule has 2 atom stereocenters. The van der Waals surface area contributed by atoms with Crippen molar-refractivity contribution in [2.45, 2.75) is 12.1 Å². The van der Waals surface area contributed by atoms with Gasteiger partial charge >= 0.3 is 0 Å². The zero-order valence-corrected chi connectivity index (χ0v) is 15.5. The third-order valence-corrected chi connectivity index (χ3v) is 6.04. The smallest absolute Gasteiger partial charge is 0.226 e. The summed E-state index contributed by atoms with van der Waals surface area (Å²) in [7, 11) is 0. The van der Waals surface area contributed by atoms with Gasteiger partial charge < -0.3 is 10.1 Å². The molecule has 1 aromatic carbocycles. The van der Waals surface area contributed by atoms with E-state index in [0.717, 1.165) is 33.0 Å². The number of pyridine rings is 1. The van der Waals surface area contributed by atoms with Crippen molar-refractivity contribution in [1.82, 2.24) is 19.7 Å². The lowest BCUT2D eigenvalue weighted by Gasteiger charge is -2.38. The fraction of sp³-hybridized carbons (Fsp3) is 0.0952. The molecule has 2 aliphatic heterocycles. The standard InChI is InChI=1S/C21H15N5OS/c1-2-7-15-14(6-1)18-17(20(27-15)16-8-4-10-28-16)19(13-5-3-9-22-11-13)26-21(25-18)23-12-24-26/h1-12,19-20H,(H,23,24,25)/t19-,20+/m1/s1. The van der Waals surface area contributed by atoms with E-state index >= 15 is 0 Å². The van der Waals surface area contributed by atoms with E-state index in [1.54, 1.807) is 23.9 Å². The summed E-state index contributed by atoms with van der Waals surface area (Å²) in [4.78, 5) is 9.93. The molecule has 0 fully saturated rings. The second-order valence-corrected chi connectivity index (χ2v) is 7.66. The van der Waals surface area contributed by atoms with Gasteiger partial charge in [0.15, 0.2) is 6.10 Å². The number of thiophene rings is 1. The van der Waals surface area contributed by atoms with Crippen LogP contribution in [0.4, 0.5) is 5.95 Å². The number of aromatic nitrogens is 4. The van der Waals surface area contributed by atoms with Gasteiger partial charge in [-0.05, 0) is 35.2 Å². The Bertz CT molecular complexity index is 1180. The first kappa shape index (κ1) is 15.6. The molecule has 4 aromatic rings. The number of benzene rings is 1. The maximum atomic E-state index is 6.52. The molecule has 0 saturated carbocycles. The highest BCUT2D eigenvalue weighted by atomic mass is 32.1. The van der Waals surface area contributed by atoms with Crippen molar-refractivity contribution in [3.05, 3.63) is 94.2 Å². The largest absolute Gasteiger partial charge is 0.480 e. The second-order valence-electron chi connectivity index (χ2n) is 6.68. The summed E-state index contributed by atoms with van der Waals surface area (Å²) in [5, 5.41) is 10.1. The van der Waals surface area contributed by atoms with Gasteiger partial charge in [0.1, 0.15) is 18.1 Å². The van der Waals surface area contributed by atoms with Gasteiger partial charge in [0, 0.05) is 28.4 Å². The van der Waals surface area contributed by atoms with Crippen LogP contribution in [-0.4, -0.2) is 19.7 Å². The van der Waals surface area contributed by atoms with Crippen LogP contribution in [0.25, 0.3) is 5.70 Å². The van der Waals surface area contributed by atoms with Crippen molar-refractivity contribution in [2.75, 3.05) is 5.32 Å². The number of hydrogen-bond acceptors (Lipinski definition) is 6. The minimum atomic E-state index is -0.208. The van der Waals surface area contributed by atoms with Crippen LogP contribution in [0, 0.1) is 0 Å². The van der Waals surface area contributed by atoms with Crippen LogP contribution in [0.5, 0.6) is 5.75 Å². The molecule has 0 radical (unpaired) electrons. The van der Waals surface area contributed by atoms with Gasteiger partial charge in [-0.2, -0.15) is 10.1 Å². The zero-order chi connectivity index (χ0) is 18.5. The summed E-state index contributed by atoms with van der Waals surface area (Å²) >= 11 is 1.69. The number of para-hydroxylation sites is 1. The molecule has 6 nitrogen and oxygen atoms in total. The van der Waals surface area contributed by atoms with E-state index in [1.807, 2.05) is 35.1 Å². The molecule has 0 aliphatic carbocycles. The number of nitrogens with zero attached hydrogens (tertiary/aromatic N) is 4. The normalized spacial score (nSPS) is 19.9. The molecule has 28 heavy (non-hydrogen) atoms. The Morgan fingerprint density at radius 1 is 1.07 bits per heavy atom. The van der Waals surface area contributed by atoms with Crippen LogP contribution in [0.3, 0.4) is 0 Å². The van der Waals surface area contributed by atoms with E-state index in [4.69, 9.17) is 4.74 Å². The number of nitrogens with one attached hydrogen (secondary N) is 1. The Kier molecular flexibility index (Phi) is 3.36. The predicted octanol–water partition coefficient (Wildman–Crippen LogP) is 4.29. The Labute approximate surface area is 165 Å². The van der Waals surface area contributed by atoms with Gasteiger partial charge in [0.25, 0.3) is 0 Å². The molecule has 136 valence electrons. The molecular formula is C21H15N5OS. The lowest BCUT2D eigenvalue weighted by atomic mass is 9.87. The maximum absolute atomic E-state index is 6.52. The van der Waals surface area contributed by atoms with E-state index < -0.39 is 0 Å². The molecule has 0 spiro atoms. The lowest BCUT2D eigenvalue weighted by Crippen LogP contribution is -2.32. The van der Waals surface area contributed by atoms with Gasteiger partial charge in [0.05, 0.1) is 5.70 Å². The summed E-state index contributed by atoms with van der Waals surface area (Å²) in [5.41, 5.74) is 4.24. The van der Waals surface area contributed by atoms with Crippen LogP contribution >= 0.6 is 11.3 Å². The van der Waals surface area contributed by atoms with Gasteiger partial charge in [0.2, 0.25) is 5.95 Å². The van der Waals surface area contributed by atoms with E-state index in [9.17, 15) is 0 Å². The molecular weight excluding hydrogens is 370 g/mol. The average molecular weight is 385 g/mol. The molecule has 0 bridgehead atoms. The zero-order valence-electron chi connectivity index (χ0n) is 14.7. The first-order valence-corrected chi connectivity index (χ1v) is 9.88. The highest BCUT2D eigenvalue weighted by Crippen LogP contribution is 2.50. The quantitative estimate of drug-likeness (QED) is 0.557. The second kappa shape index (κ2) is 6.03. The Hall–Kier alpha value is -3.45. The summed E-state index contributed by atoms with van der Waals surface area (Å²) in [6, 6.07) is 16.2. The van der Waals surface area contributed by atoms with Crippen molar-refractivity contribution >= 4 is 23.0 Å². The van der Waals surface area contributed by atoms with Gasteiger partial charge in [-0.1, -0.05) is 24.3 Å². The summed E-state index contributed by atoms with van der Waals surface area (Å²) in [6.07, 6.45) is 5.04. The van der Waals surface area contributed by atoms with E-state index in [2.05, 4.69) is 50.0 Å². The third kappa shape index (κ3) is 2.23. The number of anilines is 1. The molecule has 0 unspecified atom stereocenters. The minimum absolute atomic E-state index is 0.150. The SMILES string of the molecule is c1cncc([C@@H]2C3=C(Nc4ncnn42)c2ccccc2O[C@H]3c2cccs2)c1. The van der Waals surface area contributed by atoms with Crippen molar-refractivity contribution in [3.8, 4) is 5.75 Å². The van der Waals surface area contributed by atoms with Crippen molar-refractivity contribution in [1.29, 1.82) is 0 Å². The molecule has 0 amide bonds. The van der Waals surface area contributed by atoms with E-state index in [-0.39, 0.29) is 12.1 Å². The molecule has 6 rings (SSSR count). The summed E-state index contributed by atoms with van der Waals surface area (Å²) in [6.45, 7) is 0. The summed E-state index contributed by atoms with van der Waals surface area (Å²) < 4.78 is 8.43. The highest BCUT2D eigenvalue weighted by molar-refractivity contribution is 7.10. The van der Waals surface area contributed by atoms with Crippen molar-refractivity contribution in [3.63, 3.8) is 0 Å². The van der Waals surface area contributed by atoms with Crippen LogP contribution in [0.15, 0.2) is 78.2 Å². The molecule has 3 aromatic heterocycles. The number of rotatable bonds is 2. The molecule has 0 saturated heterocycles. The van der Waals surface area contributed by atoms with E-state index in [1.165, 1.54) is 0 Å². The first-order valence-electron chi connectivity index (χ1n) is 9.00. The van der Waals surface area contributed by atoms with Crippen LogP contribution in [0.1, 0.15) is 28.1 Å². The monoisotopic (exact) mass is 385 g/mol. The van der Waals surface area contributed by atoms with Gasteiger partial charge in [-0.15, -0.1) is 11.3 Å². The Balaban J connectivity index is 1.65. The Morgan fingerprint density at radius 3 is 2.89 bits per heavy atom. The maximum Gasteiger partial charge on any atom is 0.226 e. The molecule has 5 heterocycles. The highest BCUT2D eigenvalue weighted by Gasteiger charge is 2.41. The third-order valence-electron chi connectivity index (χ3n) is 5.12. The van der Waals surface area contributed by atoms with Gasteiger partial charge in [-0.25, -0.2) is 4.68 Å². The van der Waals surface area contributed by atoms with Crippen LogP contribution in [-0.2, 0) is 0 Å². The fourth-order valence-electron chi connectivity index (χ4n) is 3.95. The molecule has 2 aliphatic rings. The average Bonchev–Trinajstić information content (AvgIpc) is 3.44.